The van der Waals surface area contributed by atoms with Gasteiger partial charge in [0.05, 0.1) is 0 Å². The number of ether oxygens (including phenoxy) is 3. The van der Waals surface area contributed by atoms with Gasteiger partial charge in [0, 0.05) is 0 Å². The van der Waals surface area contributed by atoms with Crippen LogP contribution in [0.1, 0.15) is 21.7 Å². The number of carbonyl (C=O) groups is 1. The molecule has 192 valence electrons. The van der Waals surface area contributed by atoms with Crippen LogP contribution >= 0.6 is 11.3 Å². The minimum Gasteiger partial charge on any atom is -0.490 e. The molecular weight excluding hydrogens is 500 g/mol. The van der Waals surface area contributed by atoms with E-state index in [1.807, 2.05) is 62.4 Å². The lowest BCUT2D eigenvalue weighted by molar-refractivity contribution is -0.112. The van der Waals surface area contributed by atoms with Crippen LogP contribution in [0.4, 0.5) is 5.13 Å². The van der Waals surface area contributed by atoms with E-state index in [9.17, 15) is 10.1 Å². The Kier molecular flexibility index (Phi) is 9.05. The number of nitrogens with one attached hydrogen (secondary N) is 1. The summed E-state index contributed by atoms with van der Waals surface area (Å²) in [4.78, 5) is 12.6. The molecule has 0 spiro atoms. The minimum absolute atomic E-state index is 0.0576. The summed E-state index contributed by atoms with van der Waals surface area (Å²) in [7, 11) is 0. The Hall–Kier alpha value is -4.68. The first kappa shape index (κ1) is 26.4. The number of para-hydroxylation sites is 1. The number of hydrogen-bond donors (Lipinski definition) is 1. The molecule has 9 heteroatoms. The van der Waals surface area contributed by atoms with Crippen molar-refractivity contribution in [1.29, 1.82) is 5.26 Å². The number of aromatic nitrogens is 2. The second kappa shape index (κ2) is 13.0. The van der Waals surface area contributed by atoms with E-state index in [0.29, 0.717) is 35.3 Å². The molecule has 0 aliphatic carbocycles. The number of carbonyl (C=O) groups excluding carboxylic acids is 1. The zero-order valence-electron chi connectivity index (χ0n) is 21.0. The normalized spacial score (nSPS) is 10.9. The van der Waals surface area contributed by atoms with Gasteiger partial charge in [-0.2, -0.15) is 5.26 Å². The van der Waals surface area contributed by atoms with E-state index in [2.05, 4.69) is 21.6 Å². The third-order valence-electron chi connectivity index (χ3n) is 5.16. The van der Waals surface area contributed by atoms with Gasteiger partial charge in [-0.05, 0) is 73.0 Å². The predicted molar refractivity (Wildman–Crippen MR) is 146 cm³/mol. The van der Waals surface area contributed by atoms with Gasteiger partial charge in [0.25, 0.3) is 5.91 Å². The molecule has 0 aliphatic heterocycles. The lowest BCUT2D eigenvalue weighted by Gasteiger charge is -2.10. The average molecular weight is 527 g/mol. The van der Waals surface area contributed by atoms with Crippen LogP contribution in [0.25, 0.3) is 6.08 Å². The van der Waals surface area contributed by atoms with E-state index in [0.717, 1.165) is 16.9 Å². The van der Waals surface area contributed by atoms with E-state index in [4.69, 9.17) is 14.2 Å². The van der Waals surface area contributed by atoms with Crippen molar-refractivity contribution < 1.29 is 19.0 Å². The SMILES string of the molecule is Cc1cc(C)cc(OCCOc2ccc(/C=C(/C#N)C(=O)Nc3nnc(COc4ccccc4)s3)cc2)c1. The monoisotopic (exact) mass is 526 g/mol. The maximum Gasteiger partial charge on any atom is 0.268 e. The highest BCUT2D eigenvalue weighted by atomic mass is 32.1. The fraction of sp³-hybridized carbons (Fsp3) is 0.172. The summed E-state index contributed by atoms with van der Waals surface area (Å²) in [5, 5.41) is 21.0. The number of hydrogen-bond acceptors (Lipinski definition) is 8. The van der Waals surface area contributed by atoms with Crippen LogP contribution in [0.15, 0.2) is 78.4 Å². The molecule has 0 fully saturated rings. The Morgan fingerprint density at radius 1 is 0.895 bits per heavy atom. The lowest BCUT2D eigenvalue weighted by atomic mass is 10.1. The molecular formula is C29H26N4O4S. The van der Waals surface area contributed by atoms with Crippen molar-refractivity contribution in [3.05, 3.63) is 100 Å². The Morgan fingerprint density at radius 2 is 1.55 bits per heavy atom. The molecule has 8 nitrogen and oxygen atoms in total. The number of nitriles is 1. The summed E-state index contributed by atoms with van der Waals surface area (Å²) in [6.07, 6.45) is 1.50. The zero-order valence-corrected chi connectivity index (χ0v) is 21.8. The molecule has 0 radical (unpaired) electrons. The topological polar surface area (TPSA) is 106 Å². The number of aryl methyl sites for hydroxylation is 2. The van der Waals surface area contributed by atoms with E-state index in [1.54, 1.807) is 24.3 Å². The molecule has 1 heterocycles. The van der Waals surface area contributed by atoms with E-state index in [-0.39, 0.29) is 17.3 Å². The van der Waals surface area contributed by atoms with Gasteiger partial charge in [0.2, 0.25) is 5.13 Å². The van der Waals surface area contributed by atoms with E-state index in [1.165, 1.54) is 17.4 Å². The summed E-state index contributed by atoms with van der Waals surface area (Å²) in [5.74, 6) is 1.63. The lowest BCUT2D eigenvalue weighted by Crippen LogP contribution is -2.13. The number of nitrogens with zero attached hydrogens (tertiary/aromatic N) is 3. The van der Waals surface area contributed by atoms with Crippen LogP contribution < -0.4 is 19.5 Å². The predicted octanol–water partition coefficient (Wildman–Crippen LogP) is 5.74. The molecule has 0 saturated heterocycles. The van der Waals surface area contributed by atoms with Gasteiger partial charge in [-0.3, -0.25) is 10.1 Å². The third kappa shape index (κ3) is 7.91. The fourth-order valence-electron chi connectivity index (χ4n) is 3.50. The van der Waals surface area contributed by atoms with Gasteiger partial charge in [-0.15, -0.1) is 10.2 Å². The third-order valence-corrected chi connectivity index (χ3v) is 5.98. The second-order valence-electron chi connectivity index (χ2n) is 8.32. The molecule has 1 N–H and O–H groups in total. The highest BCUT2D eigenvalue weighted by Gasteiger charge is 2.13. The number of benzene rings is 3. The van der Waals surface area contributed by atoms with Crippen molar-refractivity contribution in [2.75, 3.05) is 18.5 Å². The zero-order chi connectivity index (χ0) is 26.7. The van der Waals surface area contributed by atoms with Crippen molar-refractivity contribution in [1.82, 2.24) is 10.2 Å². The van der Waals surface area contributed by atoms with E-state index < -0.39 is 5.91 Å². The molecule has 0 atom stereocenters. The molecule has 0 unspecified atom stereocenters. The largest absolute Gasteiger partial charge is 0.490 e. The molecule has 0 saturated carbocycles. The molecule has 0 bridgehead atoms. The van der Waals surface area contributed by atoms with Crippen LogP contribution in [0.3, 0.4) is 0 Å². The Labute approximate surface area is 225 Å². The van der Waals surface area contributed by atoms with Crippen molar-refractivity contribution >= 4 is 28.5 Å². The Morgan fingerprint density at radius 3 is 2.24 bits per heavy atom. The highest BCUT2D eigenvalue weighted by molar-refractivity contribution is 7.15. The summed E-state index contributed by atoms with van der Waals surface area (Å²) in [6, 6.07) is 24.4. The standard InChI is InChI=1S/C29H26N4O4S/c1-20-14-21(2)16-26(15-20)36-13-12-35-25-10-8-22(9-11-25)17-23(18-30)28(34)31-29-33-32-27(38-29)19-37-24-6-4-3-5-7-24/h3-11,14-17H,12-13,19H2,1-2H3,(H,31,33,34)/b23-17-. The summed E-state index contributed by atoms with van der Waals surface area (Å²) >= 11 is 1.18. The maximum absolute atomic E-state index is 12.6. The van der Waals surface area contributed by atoms with Gasteiger partial charge in [-0.25, -0.2) is 0 Å². The van der Waals surface area contributed by atoms with Crippen molar-refractivity contribution in [3.8, 4) is 23.3 Å². The van der Waals surface area contributed by atoms with Gasteiger partial charge in [0.15, 0.2) is 5.01 Å². The fourth-order valence-corrected chi connectivity index (χ4v) is 4.15. The summed E-state index contributed by atoms with van der Waals surface area (Å²) < 4.78 is 17.1. The molecule has 1 amide bonds. The van der Waals surface area contributed by atoms with Gasteiger partial charge in [0.1, 0.15) is 48.7 Å². The molecule has 38 heavy (non-hydrogen) atoms. The van der Waals surface area contributed by atoms with Crippen LogP contribution in [0.2, 0.25) is 0 Å². The number of anilines is 1. The average Bonchev–Trinajstić information content (AvgIpc) is 3.36. The first-order chi connectivity index (χ1) is 18.5. The van der Waals surface area contributed by atoms with Crippen molar-refractivity contribution in [2.24, 2.45) is 0 Å². The molecule has 1 aromatic heterocycles. The van der Waals surface area contributed by atoms with Crippen LogP contribution in [-0.2, 0) is 11.4 Å². The van der Waals surface area contributed by atoms with Crippen LogP contribution in [0, 0.1) is 25.2 Å². The molecule has 0 aliphatic rings. The highest BCUT2D eigenvalue weighted by Crippen LogP contribution is 2.20. The molecule has 4 rings (SSSR count). The molecule has 3 aromatic carbocycles. The first-order valence-corrected chi connectivity index (χ1v) is 12.7. The van der Waals surface area contributed by atoms with Crippen LogP contribution in [0.5, 0.6) is 17.2 Å². The van der Waals surface area contributed by atoms with Gasteiger partial charge in [-0.1, -0.05) is 47.7 Å². The van der Waals surface area contributed by atoms with Gasteiger partial charge >= 0.3 is 0 Å². The minimum atomic E-state index is -0.567. The van der Waals surface area contributed by atoms with Crippen LogP contribution in [-0.4, -0.2) is 29.3 Å². The first-order valence-electron chi connectivity index (χ1n) is 11.9. The Balaban J connectivity index is 1.26. The Bertz CT molecular complexity index is 1420. The number of amides is 1. The van der Waals surface area contributed by atoms with Gasteiger partial charge < -0.3 is 14.2 Å². The quantitative estimate of drug-likeness (QED) is 0.151. The summed E-state index contributed by atoms with van der Waals surface area (Å²) in [5.41, 5.74) is 2.93. The van der Waals surface area contributed by atoms with E-state index >= 15 is 0 Å². The second-order valence-corrected chi connectivity index (χ2v) is 9.38. The smallest absolute Gasteiger partial charge is 0.268 e. The maximum atomic E-state index is 12.6. The van der Waals surface area contributed by atoms with Crippen molar-refractivity contribution in [2.45, 2.75) is 20.5 Å². The van der Waals surface area contributed by atoms with Crippen molar-refractivity contribution in [3.63, 3.8) is 0 Å². The summed E-state index contributed by atoms with van der Waals surface area (Å²) in [6.45, 7) is 5.08. The molecule has 4 aromatic rings. The number of rotatable bonds is 11.